The van der Waals surface area contributed by atoms with Gasteiger partial charge in [0, 0.05) is 18.1 Å². The van der Waals surface area contributed by atoms with Crippen LogP contribution in [-0.4, -0.2) is 40.8 Å². The summed E-state index contributed by atoms with van der Waals surface area (Å²) in [6.07, 6.45) is 0.784. The van der Waals surface area contributed by atoms with Crippen LogP contribution in [0.3, 0.4) is 0 Å². The van der Waals surface area contributed by atoms with Crippen molar-refractivity contribution in [2.24, 2.45) is 0 Å². The zero-order valence-corrected chi connectivity index (χ0v) is 15.5. The third kappa shape index (κ3) is 3.15. The fraction of sp³-hybridized carbons (Fsp3) is 0.316. The van der Waals surface area contributed by atoms with Crippen molar-refractivity contribution >= 4 is 21.7 Å². The zero-order chi connectivity index (χ0) is 19.0. The highest BCUT2D eigenvalue weighted by Gasteiger charge is 2.39. The number of hydrogen-bond acceptors (Lipinski definition) is 6. The molecule has 0 aromatic heterocycles. The first-order valence-corrected chi connectivity index (χ1v) is 10.1. The number of nitrogens with one attached hydrogen (secondary N) is 1. The van der Waals surface area contributed by atoms with Gasteiger partial charge in [0.05, 0.1) is 23.8 Å². The number of sulfonamides is 1. The van der Waals surface area contributed by atoms with Crippen molar-refractivity contribution in [2.45, 2.75) is 23.3 Å². The molecule has 0 bridgehead atoms. The van der Waals surface area contributed by atoms with Crippen molar-refractivity contribution in [1.29, 1.82) is 0 Å². The number of ether oxygens (including phenoxy) is 3. The van der Waals surface area contributed by atoms with E-state index in [9.17, 15) is 13.2 Å². The molecule has 0 radical (unpaired) electrons. The minimum Gasteiger partial charge on any atom is -0.490 e. The lowest BCUT2D eigenvalue weighted by Crippen LogP contribution is -2.29. The van der Waals surface area contributed by atoms with Crippen LogP contribution in [0.25, 0.3) is 0 Å². The van der Waals surface area contributed by atoms with E-state index in [0.717, 1.165) is 12.0 Å². The minimum atomic E-state index is -3.86. The number of rotatable bonds is 4. The van der Waals surface area contributed by atoms with Crippen LogP contribution >= 0.6 is 0 Å². The van der Waals surface area contributed by atoms with Gasteiger partial charge in [0.2, 0.25) is 0 Å². The second-order valence-corrected chi connectivity index (χ2v) is 8.11. The van der Waals surface area contributed by atoms with Crippen LogP contribution in [0.15, 0.2) is 47.4 Å². The summed E-state index contributed by atoms with van der Waals surface area (Å²) in [5.74, 6) is -0.172. The fourth-order valence-electron chi connectivity index (χ4n) is 3.57. The molecule has 2 aliphatic rings. The monoisotopic (exact) mass is 389 g/mol. The molecule has 2 heterocycles. The molecule has 0 saturated carbocycles. The lowest BCUT2D eigenvalue weighted by atomic mass is 9.88. The summed E-state index contributed by atoms with van der Waals surface area (Å²) < 4.78 is 44.2. The summed E-state index contributed by atoms with van der Waals surface area (Å²) in [6, 6.07) is 11.3. The van der Waals surface area contributed by atoms with Gasteiger partial charge in [0.1, 0.15) is 17.9 Å². The van der Waals surface area contributed by atoms with E-state index in [1.54, 1.807) is 30.3 Å². The van der Waals surface area contributed by atoms with Gasteiger partial charge in [-0.2, -0.15) is 0 Å². The Morgan fingerprint density at radius 3 is 2.70 bits per heavy atom. The molecule has 0 aliphatic carbocycles. The highest BCUT2D eigenvalue weighted by atomic mass is 32.2. The maximum atomic E-state index is 12.7. The maximum absolute atomic E-state index is 12.7. The Labute approximate surface area is 157 Å². The second kappa shape index (κ2) is 6.86. The quantitative estimate of drug-likeness (QED) is 0.808. The van der Waals surface area contributed by atoms with E-state index in [0.29, 0.717) is 19.0 Å². The summed E-state index contributed by atoms with van der Waals surface area (Å²) in [4.78, 5) is 12.6. The van der Waals surface area contributed by atoms with Crippen LogP contribution in [0.2, 0.25) is 0 Å². The topological polar surface area (TPSA) is 90.9 Å². The second-order valence-electron chi connectivity index (χ2n) is 6.43. The summed E-state index contributed by atoms with van der Waals surface area (Å²) in [5, 5.41) is 0. The molecule has 1 N–H and O–H groups in total. The Morgan fingerprint density at radius 2 is 1.96 bits per heavy atom. The summed E-state index contributed by atoms with van der Waals surface area (Å²) in [7, 11) is -2.61. The number of methoxy groups -OCH3 is 1. The molecule has 0 spiro atoms. The summed E-state index contributed by atoms with van der Waals surface area (Å²) in [5.41, 5.74) is 1.05. The molecule has 2 aliphatic heterocycles. The van der Waals surface area contributed by atoms with Crippen molar-refractivity contribution in [3.63, 3.8) is 0 Å². The van der Waals surface area contributed by atoms with E-state index in [4.69, 9.17) is 14.2 Å². The van der Waals surface area contributed by atoms with Crippen LogP contribution in [0, 0.1) is 0 Å². The van der Waals surface area contributed by atoms with Crippen molar-refractivity contribution in [3.05, 3.63) is 53.6 Å². The van der Waals surface area contributed by atoms with Crippen molar-refractivity contribution in [1.82, 2.24) is 0 Å². The van der Waals surface area contributed by atoms with Gasteiger partial charge in [-0.3, -0.25) is 4.72 Å². The Balaban J connectivity index is 1.79. The van der Waals surface area contributed by atoms with E-state index in [1.165, 1.54) is 19.2 Å². The molecule has 142 valence electrons. The maximum Gasteiger partial charge on any atom is 0.343 e. The van der Waals surface area contributed by atoms with E-state index in [2.05, 4.69) is 4.72 Å². The number of carbonyl (C=O) groups excluding carboxylic acids is 1. The third-order valence-corrected chi connectivity index (χ3v) is 6.26. The standard InChI is InChI=1S/C19H19NO6S/c1-24-19(21)17-15(20-27(22,23)12-5-3-2-4-6-12)8-7-14-13-9-10-25-16(13)11-26-18(14)17/h2-8,13,16,20H,9-11H2,1H3/t13-,16+/m0/s1. The van der Waals surface area contributed by atoms with Gasteiger partial charge < -0.3 is 14.2 Å². The first-order chi connectivity index (χ1) is 13.0. The van der Waals surface area contributed by atoms with Crippen LogP contribution in [0.5, 0.6) is 5.75 Å². The van der Waals surface area contributed by atoms with E-state index >= 15 is 0 Å². The molecule has 2 aromatic carbocycles. The van der Waals surface area contributed by atoms with Gasteiger partial charge in [0.15, 0.2) is 0 Å². The number of hydrogen-bond donors (Lipinski definition) is 1. The minimum absolute atomic E-state index is 0.0464. The van der Waals surface area contributed by atoms with Gasteiger partial charge in [-0.1, -0.05) is 24.3 Å². The predicted octanol–water partition coefficient (Wildman–Crippen LogP) is 2.54. The molecule has 1 saturated heterocycles. The molecule has 8 heteroatoms. The molecule has 2 aromatic rings. The van der Waals surface area contributed by atoms with Crippen molar-refractivity contribution in [3.8, 4) is 5.75 Å². The molecule has 0 unspecified atom stereocenters. The van der Waals surface area contributed by atoms with E-state index in [-0.39, 0.29) is 28.2 Å². The van der Waals surface area contributed by atoms with Crippen LogP contribution < -0.4 is 9.46 Å². The molecule has 7 nitrogen and oxygen atoms in total. The number of benzene rings is 2. The third-order valence-electron chi connectivity index (χ3n) is 4.88. The Hall–Kier alpha value is -2.58. The number of fused-ring (bicyclic) bond motifs is 3. The Bertz CT molecular complexity index is 973. The summed E-state index contributed by atoms with van der Waals surface area (Å²) in [6.45, 7) is 0.949. The van der Waals surface area contributed by atoms with Crippen LogP contribution in [0.1, 0.15) is 28.3 Å². The molecular weight excluding hydrogens is 370 g/mol. The zero-order valence-electron chi connectivity index (χ0n) is 14.7. The molecule has 0 amide bonds. The number of anilines is 1. The molecule has 27 heavy (non-hydrogen) atoms. The SMILES string of the molecule is COC(=O)c1c(NS(=O)(=O)c2ccccc2)ccc2c1OC[C@H]1OCC[C@@H]21. The highest BCUT2D eigenvalue weighted by molar-refractivity contribution is 7.92. The van der Waals surface area contributed by atoms with Crippen LogP contribution in [-0.2, 0) is 19.5 Å². The molecule has 1 fully saturated rings. The molecule has 2 atom stereocenters. The van der Waals surface area contributed by atoms with Gasteiger partial charge in [-0.05, 0) is 24.6 Å². The van der Waals surface area contributed by atoms with E-state index in [1.807, 2.05) is 0 Å². The normalized spacial score (nSPS) is 20.9. The predicted molar refractivity (Wildman–Crippen MR) is 97.6 cm³/mol. The Morgan fingerprint density at radius 1 is 1.19 bits per heavy atom. The Kier molecular flexibility index (Phi) is 4.53. The first kappa shape index (κ1) is 17.8. The average molecular weight is 389 g/mol. The highest BCUT2D eigenvalue weighted by Crippen LogP contribution is 2.44. The first-order valence-electron chi connectivity index (χ1n) is 8.59. The van der Waals surface area contributed by atoms with Crippen molar-refractivity contribution < 1.29 is 27.4 Å². The average Bonchev–Trinajstić information content (AvgIpc) is 3.16. The van der Waals surface area contributed by atoms with Gasteiger partial charge in [-0.25, -0.2) is 13.2 Å². The van der Waals surface area contributed by atoms with Gasteiger partial charge in [0.25, 0.3) is 10.0 Å². The number of carbonyl (C=O) groups is 1. The molecule has 4 rings (SSSR count). The largest absolute Gasteiger partial charge is 0.490 e. The summed E-state index contributed by atoms with van der Waals surface area (Å²) >= 11 is 0. The van der Waals surface area contributed by atoms with E-state index < -0.39 is 16.0 Å². The van der Waals surface area contributed by atoms with Gasteiger partial charge in [-0.15, -0.1) is 0 Å². The van der Waals surface area contributed by atoms with Crippen LogP contribution in [0.4, 0.5) is 5.69 Å². The lowest BCUT2D eigenvalue weighted by molar-refractivity contribution is 0.0469. The smallest absolute Gasteiger partial charge is 0.343 e. The fourth-order valence-corrected chi connectivity index (χ4v) is 4.67. The lowest BCUT2D eigenvalue weighted by Gasteiger charge is -2.29. The molecular formula is C19H19NO6S. The van der Waals surface area contributed by atoms with Crippen molar-refractivity contribution in [2.75, 3.05) is 25.0 Å². The van der Waals surface area contributed by atoms with Gasteiger partial charge >= 0.3 is 5.97 Å². The number of esters is 1.